The van der Waals surface area contributed by atoms with Crippen LogP contribution in [0.25, 0.3) is 0 Å². The Bertz CT molecular complexity index is 497. The van der Waals surface area contributed by atoms with E-state index in [0.717, 1.165) is 32.2 Å². The summed E-state index contributed by atoms with van der Waals surface area (Å²) in [4.78, 5) is 43.1. The molecule has 1 spiro atoms. The van der Waals surface area contributed by atoms with E-state index in [0.29, 0.717) is 6.42 Å². The molecular formula is C17H30N4O4. The summed E-state index contributed by atoms with van der Waals surface area (Å²) in [6.45, 7) is 4.63. The molecular weight excluding hydrogens is 324 g/mol. The Morgan fingerprint density at radius 3 is 2.00 bits per heavy atom. The van der Waals surface area contributed by atoms with Crippen molar-refractivity contribution in [1.29, 1.82) is 0 Å². The summed E-state index contributed by atoms with van der Waals surface area (Å²) < 4.78 is 0. The van der Waals surface area contributed by atoms with Crippen molar-refractivity contribution in [2.75, 3.05) is 6.54 Å². The molecule has 8 nitrogen and oxygen atoms in total. The average Bonchev–Trinajstić information content (AvgIpc) is 2.54. The van der Waals surface area contributed by atoms with E-state index in [1.54, 1.807) is 0 Å². The zero-order valence-corrected chi connectivity index (χ0v) is 15.1. The van der Waals surface area contributed by atoms with Gasteiger partial charge in [0, 0.05) is 31.3 Å². The Morgan fingerprint density at radius 2 is 1.68 bits per heavy atom. The van der Waals surface area contributed by atoms with Gasteiger partial charge in [-0.25, -0.2) is 0 Å². The molecule has 0 aromatic rings. The van der Waals surface area contributed by atoms with Crippen LogP contribution in [0.5, 0.6) is 0 Å². The third-order valence-corrected chi connectivity index (χ3v) is 4.73. The second-order valence-corrected chi connectivity index (χ2v) is 7.19. The quantitative estimate of drug-likeness (QED) is 0.495. The molecule has 2 fully saturated rings. The van der Waals surface area contributed by atoms with E-state index in [2.05, 4.69) is 10.6 Å². The van der Waals surface area contributed by atoms with Crippen molar-refractivity contribution in [1.82, 2.24) is 10.6 Å². The van der Waals surface area contributed by atoms with Gasteiger partial charge in [0.25, 0.3) is 0 Å². The van der Waals surface area contributed by atoms with Crippen molar-refractivity contribution in [3.05, 3.63) is 0 Å². The van der Waals surface area contributed by atoms with Gasteiger partial charge in [-0.15, -0.1) is 0 Å². The summed E-state index contributed by atoms with van der Waals surface area (Å²) in [6.07, 6.45) is 4.65. The van der Waals surface area contributed by atoms with Crippen LogP contribution >= 0.6 is 0 Å². The van der Waals surface area contributed by atoms with Crippen molar-refractivity contribution < 1.29 is 19.2 Å². The summed E-state index contributed by atoms with van der Waals surface area (Å²) >= 11 is 0. The van der Waals surface area contributed by atoms with Gasteiger partial charge in [0.1, 0.15) is 0 Å². The van der Waals surface area contributed by atoms with Gasteiger partial charge in [0.05, 0.1) is 5.41 Å². The number of hydrogen-bond acceptors (Lipinski definition) is 4. The summed E-state index contributed by atoms with van der Waals surface area (Å²) in [5.41, 5.74) is 9.49. The molecule has 0 bridgehead atoms. The molecule has 8 heteroatoms. The predicted molar refractivity (Wildman–Crippen MR) is 92.9 cm³/mol. The third-order valence-electron chi connectivity index (χ3n) is 4.73. The molecule has 2 aliphatic rings. The monoisotopic (exact) mass is 354 g/mol. The van der Waals surface area contributed by atoms with Gasteiger partial charge in [-0.1, -0.05) is 13.8 Å². The van der Waals surface area contributed by atoms with Crippen molar-refractivity contribution in [3.8, 4) is 0 Å². The second-order valence-electron chi connectivity index (χ2n) is 7.19. The normalized spacial score (nSPS) is 24.6. The van der Waals surface area contributed by atoms with Crippen LogP contribution in [-0.4, -0.2) is 36.2 Å². The molecule has 1 aliphatic carbocycles. The Labute approximate surface area is 148 Å². The Hall–Kier alpha value is -2.12. The first-order valence-corrected chi connectivity index (χ1v) is 8.81. The van der Waals surface area contributed by atoms with E-state index < -0.39 is 11.8 Å². The minimum absolute atomic E-state index is 0.0443. The minimum Gasteiger partial charge on any atom is -0.370 e. The lowest BCUT2D eigenvalue weighted by Crippen LogP contribution is -2.61. The molecule has 0 aromatic carbocycles. The van der Waals surface area contributed by atoms with Crippen molar-refractivity contribution in [2.24, 2.45) is 22.8 Å². The lowest BCUT2D eigenvalue weighted by atomic mass is 9.68. The smallest absolute Gasteiger partial charge is 0.228 e. The molecule has 0 atom stereocenters. The van der Waals surface area contributed by atoms with Gasteiger partial charge in [-0.2, -0.15) is 0 Å². The maximum atomic E-state index is 11.5. The molecule has 2 rings (SSSR count). The van der Waals surface area contributed by atoms with Gasteiger partial charge < -0.3 is 22.1 Å². The van der Waals surface area contributed by atoms with Gasteiger partial charge >= 0.3 is 0 Å². The Kier molecular flexibility index (Phi) is 7.86. The molecule has 4 amide bonds. The molecule has 6 N–H and O–H groups in total. The van der Waals surface area contributed by atoms with E-state index in [9.17, 15) is 19.2 Å². The second kappa shape index (κ2) is 9.39. The highest BCUT2D eigenvalue weighted by Crippen LogP contribution is 2.40. The zero-order chi connectivity index (χ0) is 19.0. The third kappa shape index (κ3) is 6.72. The van der Waals surface area contributed by atoms with Gasteiger partial charge in [-0.3, -0.25) is 19.2 Å². The molecule has 1 saturated carbocycles. The van der Waals surface area contributed by atoms with Gasteiger partial charge in [0.15, 0.2) is 0 Å². The highest BCUT2D eigenvalue weighted by atomic mass is 16.2. The maximum Gasteiger partial charge on any atom is 0.228 e. The van der Waals surface area contributed by atoms with E-state index in [-0.39, 0.29) is 42.0 Å². The van der Waals surface area contributed by atoms with Crippen molar-refractivity contribution in [2.45, 2.75) is 64.8 Å². The summed E-state index contributed by atoms with van der Waals surface area (Å²) in [6, 6.07) is 0.272. The van der Waals surface area contributed by atoms with Gasteiger partial charge in [0.2, 0.25) is 23.6 Å². The lowest BCUT2D eigenvalue weighted by Gasteiger charge is -2.45. The van der Waals surface area contributed by atoms with Crippen LogP contribution < -0.4 is 22.1 Å². The Balaban J connectivity index is 0.000000299. The van der Waals surface area contributed by atoms with Crippen LogP contribution in [0, 0.1) is 11.3 Å². The molecule has 142 valence electrons. The minimum atomic E-state index is -0.392. The molecule has 1 aliphatic heterocycles. The summed E-state index contributed by atoms with van der Waals surface area (Å²) in [5, 5.41) is 5.86. The zero-order valence-electron chi connectivity index (χ0n) is 15.1. The Morgan fingerprint density at radius 1 is 1.16 bits per heavy atom. The number of β-lactam (4-membered cyclic amide) rings is 1. The standard InChI is InChI=1S/C12H20N2O2.C5H10N2O2/c1-8(2)10(15)14-9-3-5-12(6-4-9)7-13-11(12)16;6-4(8)2-1-3-5(7)9/h8-9H,3-7H2,1-2H3,(H,13,16)(H,14,15);1-3H2,(H2,6,8)(H2,7,9). The van der Waals surface area contributed by atoms with E-state index in [4.69, 9.17) is 11.5 Å². The SMILES string of the molecule is CC(C)C(=O)NC1CCC2(CC1)CNC2=O.NC(=O)CCCC(N)=O. The first-order chi connectivity index (χ1) is 11.7. The first-order valence-electron chi connectivity index (χ1n) is 8.81. The first kappa shape index (κ1) is 20.9. The number of carbonyl (C=O) groups is 4. The number of nitrogens with one attached hydrogen (secondary N) is 2. The van der Waals surface area contributed by atoms with Crippen LogP contribution in [0.15, 0.2) is 0 Å². The number of nitrogens with two attached hydrogens (primary N) is 2. The molecule has 0 unspecified atom stereocenters. The fourth-order valence-electron chi connectivity index (χ4n) is 2.93. The van der Waals surface area contributed by atoms with Crippen LogP contribution in [0.3, 0.4) is 0 Å². The lowest BCUT2D eigenvalue weighted by molar-refractivity contribution is -0.143. The van der Waals surface area contributed by atoms with Crippen molar-refractivity contribution in [3.63, 3.8) is 0 Å². The van der Waals surface area contributed by atoms with Crippen LogP contribution in [0.2, 0.25) is 0 Å². The molecule has 25 heavy (non-hydrogen) atoms. The van der Waals surface area contributed by atoms with E-state index in [1.165, 1.54) is 0 Å². The number of rotatable bonds is 6. The topological polar surface area (TPSA) is 144 Å². The van der Waals surface area contributed by atoms with Crippen LogP contribution in [0.1, 0.15) is 58.8 Å². The molecule has 1 heterocycles. The highest BCUT2D eigenvalue weighted by Gasteiger charge is 2.48. The van der Waals surface area contributed by atoms with E-state index in [1.807, 2.05) is 13.8 Å². The van der Waals surface area contributed by atoms with Gasteiger partial charge in [-0.05, 0) is 32.1 Å². The fraction of sp³-hybridized carbons (Fsp3) is 0.765. The number of primary amides is 2. The number of carbonyl (C=O) groups excluding carboxylic acids is 4. The number of hydrogen-bond donors (Lipinski definition) is 4. The summed E-state index contributed by atoms with van der Waals surface area (Å²) in [5.74, 6) is -0.407. The highest BCUT2D eigenvalue weighted by molar-refractivity contribution is 5.88. The molecule has 0 aromatic heterocycles. The summed E-state index contributed by atoms with van der Waals surface area (Å²) in [7, 11) is 0. The predicted octanol–water partition coefficient (Wildman–Crippen LogP) is -0.0553. The molecule has 0 radical (unpaired) electrons. The van der Waals surface area contributed by atoms with E-state index >= 15 is 0 Å². The largest absolute Gasteiger partial charge is 0.370 e. The van der Waals surface area contributed by atoms with Crippen LogP contribution in [-0.2, 0) is 19.2 Å². The number of amides is 4. The van der Waals surface area contributed by atoms with Crippen LogP contribution in [0.4, 0.5) is 0 Å². The maximum absolute atomic E-state index is 11.5. The fourth-order valence-corrected chi connectivity index (χ4v) is 2.93. The average molecular weight is 354 g/mol. The molecule has 1 saturated heterocycles. The van der Waals surface area contributed by atoms with Crippen molar-refractivity contribution >= 4 is 23.6 Å².